The molecule has 0 aliphatic rings. The van der Waals surface area contributed by atoms with Crippen LogP contribution in [0.25, 0.3) is 0 Å². The maximum absolute atomic E-state index is 6.42. The topological polar surface area (TPSA) is 64.6 Å². The van der Waals surface area contributed by atoms with Gasteiger partial charge in [-0.15, -0.1) is 0 Å². The monoisotopic (exact) mass is 494 g/mol. The summed E-state index contributed by atoms with van der Waals surface area (Å²) in [5.74, 6) is -1.11. The van der Waals surface area contributed by atoms with Gasteiger partial charge in [0.2, 0.25) is 0 Å². The molecule has 0 aliphatic heterocycles. The van der Waals surface area contributed by atoms with Crippen molar-refractivity contribution in [2.24, 2.45) is 0 Å². The lowest BCUT2D eigenvalue weighted by molar-refractivity contribution is -0.382. The van der Waals surface area contributed by atoms with Crippen LogP contribution < -0.4 is 0 Å². The zero-order chi connectivity index (χ0) is 24.8. The summed E-state index contributed by atoms with van der Waals surface area (Å²) in [5, 5.41) is 0. The molecular weight excluding hydrogens is 440 g/mol. The Morgan fingerprint density at radius 1 is 0.636 bits per heavy atom. The van der Waals surface area contributed by atoms with Gasteiger partial charge in [-0.1, -0.05) is 60.8 Å². The molecule has 0 aromatic rings. The molecule has 0 rings (SSSR count). The van der Waals surface area contributed by atoms with Gasteiger partial charge in [-0.25, -0.2) is 0 Å². The second-order valence-electron chi connectivity index (χ2n) is 8.36. The van der Waals surface area contributed by atoms with Gasteiger partial charge in [0.1, 0.15) is 0 Å². The molecule has 0 saturated heterocycles. The van der Waals surface area contributed by atoms with Crippen molar-refractivity contribution in [3.05, 3.63) is 0 Å². The zero-order valence-corrected chi connectivity index (χ0v) is 23.7. The summed E-state index contributed by atoms with van der Waals surface area (Å²) in [5.41, 5.74) is 0. The van der Waals surface area contributed by atoms with Gasteiger partial charge >= 0.3 is 8.80 Å². The normalized spacial score (nSPS) is 13.5. The highest BCUT2D eigenvalue weighted by molar-refractivity contribution is 6.60. The first-order chi connectivity index (χ1) is 16.0. The van der Waals surface area contributed by atoms with Gasteiger partial charge in [-0.3, -0.25) is 0 Å². The van der Waals surface area contributed by atoms with E-state index in [9.17, 15) is 0 Å². The van der Waals surface area contributed by atoms with Gasteiger partial charge in [0, 0.05) is 32.8 Å². The molecule has 0 radical (unpaired) electrons. The number of ether oxygens (including phenoxy) is 4. The third-order valence-corrected chi connectivity index (χ3v) is 7.93. The Morgan fingerprint density at radius 2 is 1.09 bits per heavy atom. The summed E-state index contributed by atoms with van der Waals surface area (Å²) in [6, 6.07) is 0.539. The van der Waals surface area contributed by atoms with Crippen LogP contribution in [0.4, 0.5) is 0 Å². The van der Waals surface area contributed by atoms with Crippen molar-refractivity contribution in [1.82, 2.24) is 0 Å². The summed E-state index contributed by atoms with van der Waals surface area (Å²) in [7, 11) is -1.40. The van der Waals surface area contributed by atoms with Crippen LogP contribution in [0.1, 0.15) is 106 Å². The van der Waals surface area contributed by atoms with Crippen LogP contribution in [0, 0.1) is 0 Å². The molecule has 200 valence electrons. The SMILES string of the molecule is CCCCOC(CC[Si](OCCC)(OCCC)OC(CC)OC)(OCCCC)OCCCC. The third kappa shape index (κ3) is 14.8. The molecule has 0 heterocycles. The lowest BCUT2D eigenvalue weighted by Gasteiger charge is -2.37. The standard InChI is InChI=1S/C25H54O7Si/c1-8-14-20-27-25(28-21-15-9-2,29-22-16-10-3)17-23-33(30-18-11-4,31-19-12-5)32-24(13-6)26-7/h24H,8-23H2,1-7H3. The van der Waals surface area contributed by atoms with Gasteiger partial charge in [0.25, 0.3) is 5.97 Å². The molecule has 0 bridgehead atoms. The molecule has 8 heteroatoms. The minimum absolute atomic E-state index is 0.372. The molecule has 33 heavy (non-hydrogen) atoms. The predicted molar refractivity (Wildman–Crippen MR) is 135 cm³/mol. The molecule has 0 saturated carbocycles. The first-order valence-corrected chi connectivity index (χ1v) is 15.3. The van der Waals surface area contributed by atoms with Gasteiger partial charge in [-0.2, -0.15) is 0 Å². The van der Waals surface area contributed by atoms with Crippen molar-refractivity contribution in [3.63, 3.8) is 0 Å². The second kappa shape index (κ2) is 21.2. The van der Waals surface area contributed by atoms with E-state index in [4.69, 9.17) is 32.2 Å². The van der Waals surface area contributed by atoms with Crippen molar-refractivity contribution < 1.29 is 32.2 Å². The fraction of sp³-hybridized carbons (Fsp3) is 1.00. The van der Waals surface area contributed by atoms with E-state index in [1.807, 2.05) is 6.92 Å². The fourth-order valence-corrected chi connectivity index (χ4v) is 6.02. The van der Waals surface area contributed by atoms with Gasteiger partial charge < -0.3 is 32.2 Å². The number of hydrogen-bond acceptors (Lipinski definition) is 7. The molecule has 1 unspecified atom stereocenters. The van der Waals surface area contributed by atoms with Gasteiger partial charge in [-0.05, 0) is 38.5 Å². The second-order valence-corrected chi connectivity index (χ2v) is 11.0. The molecule has 0 aliphatic carbocycles. The molecule has 0 aromatic carbocycles. The van der Waals surface area contributed by atoms with Gasteiger partial charge in [0.05, 0.1) is 19.8 Å². The lowest BCUT2D eigenvalue weighted by atomic mass is 10.3. The van der Waals surface area contributed by atoms with Crippen LogP contribution in [-0.4, -0.2) is 61.2 Å². The quantitative estimate of drug-likeness (QED) is 0.0797. The first kappa shape index (κ1) is 32.9. The highest BCUT2D eigenvalue weighted by atomic mass is 28.4. The van der Waals surface area contributed by atoms with Crippen LogP contribution in [0.3, 0.4) is 0 Å². The predicted octanol–water partition coefficient (Wildman–Crippen LogP) is 6.67. The fourth-order valence-electron chi connectivity index (χ4n) is 3.09. The maximum Gasteiger partial charge on any atom is 0.503 e. The van der Waals surface area contributed by atoms with E-state index in [2.05, 4.69) is 34.6 Å². The molecule has 0 fully saturated rings. The van der Waals surface area contributed by atoms with Crippen LogP contribution in [-0.2, 0) is 32.2 Å². The van der Waals surface area contributed by atoms with E-state index in [1.54, 1.807) is 7.11 Å². The molecule has 1 atom stereocenters. The highest BCUT2D eigenvalue weighted by Crippen LogP contribution is 2.31. The van der Waals surface area contributed by atoms with Crippen molar-refractivity contribution in [2.75, 3.05) is 40.1 Å². The molecule has 7 nitrogen and oxygen atoms in total. The van der Waals surface area contributed by atoms with E-state index in [0.29, 0.717) is 51.9 Å². The summed E-state index contributed by atoms with van der Waals surface area (Å²) in [6.45, 7) is 15.6. The average molecular weight is 495 g/mol. The van der Waals surface area contributed by atoms with Crippen LogP contribution in [0.15, 0.2) is 0 Å². The molecule has 0 aromatic heterocycles. The summed E-state index contributed by atoms with van der Waals surface area (Å²) in [4.78, 5) is 0. The van der Waals surface area contributed by atoms with Crippen LogP contribution >= 0.6 is 0 Å². The Hall–Kier alpha value is -0.0631. The first-order valence-electron chi connectivity index (χ1n) is 13.4. The van der Waals surface area contributed by atoms with E-state index >= 15 is 0 Å². The van der Waals surface area contributed by atoms with E-state index in [0.717, 1.165) is 51.4 Å². The Balaban J connectivity index is 5.79. The number of unbranched alkanes of at least 4 members (excludes halogenated alkanes) is 3. The van der Waals surface area contributed by atoms with Gasteiger partial charge in [0.15, 0.2) is 6.29 Å². The Labute approximate surface area is 205 Å². The molecule has 0 amide bonds. The van der Waals surface area contributed by atoms with Crippen LogP contribution in [0.5, 0.6) is 0 Å². The Bertz CT molecular complexity index is 387. The Kier molecular flexibility index (Phi) is 21.2. The lowest BCUT2D eigenvalue weighted by Crippen LogP contribution is -2.51. The van der Waals surface area contributed by atoms with Crippen molar-refractivity contribution in [3.8, 4) is 0 Å². The highest BCUT2D eigenvalue weighted by Gasteiger charge is 2.47. The minimum Gasteiger partial charge on any atom is -0.373 e. The van der Waals surface area contributed by atoms with Crippen molar-refractivity contribution in [2.45, 2.75) is 124 Å². The molecular formula is C25H54O7Si. The largest absolute Gasteiger partial charge is 0.503 e. The van der Waals surface area contributed by atoms with Crippen molar-refractivity contribution >= 4 is 8.80 Å². The molecule has 0 N–H and O–H groups in total. The Morgan fingerprint density at radius 3 is 1.42 bits per heavy atom. The minimum atomic E-state index is -3.06. The summed E-state index contributed by atoms with van der Waals surface area (Å²) < 4.78 is 43.5. The maximum atomic E-state index is 6.42. The van der Waals surface area contributed by atoms with E-state index < -0.39 is 14.8 Å². The van der Waals surface area contributed by atoms with E-state index in [-0.39, 0.29) is 6.29 Å². The average Bonchev–Trinajstić information content (AvgIpc) is 2.83. The zero-order valence-electron chi connectivity index (χ0n) is 22.7. The number of rotatable bonds is 25. The van der Waals surface area contributed by atoms with E-state index in [1.165, 1.54) is 0 Å². The summed E-state index contributed by atoms with van der Waals surface area (Å²) in [6.07, 6.45) is 8.61. The van der Waals surface area contributed by atoms with Crippen LogP contribution in [0.2, 0.25) is 6.04 Å². The number of hydrogen-bond donors (Lipinski definition) is 0. The van der Waals surface area contributed by atoms with Crippen molar-refractivity contribution in [1.29, 1.82) is 0 Å². The summed E-state index contributed by atoms with van der Waals surface area (Å²) >= 11 is 0. The third-order valence-electron chi connectivity index (χ3n) is 5.16. The number of methoxy groups -OCH3 is 1. The molecule has 0 spiro atoms. The smallest absolute Gasteiger partial charge is 0.373 e.